The summed E-state index contributed by atoms with van der Waals surface area (Å²) in [6.07, 6.45) is 1.74. The first kappa shape index (κ1) is 13.3. The van der Waals surface area contributed by atoms with Gasteiger partial charge in [0.25, 0.3) is 0 Å². The van der Waals surface area contributed by atoms with Gasteiger partial charge in [0.1, 0.15) is 11.7 Å². The number of amides is 1. The molecule has 1 aromatic heterocycles. The molecule has 1 saturated heterocycles. The molecule has 1 N–H and O–H groups in total. The van der Waals surface area contributed by atoms with Gasteiger partial charge in [-0.25, -0.2) is 4.98 Å². The van der Waals surface area contributed by atoms with E-state index in [9.17, 15) is 9.59 Å². The van der Waals surface area contributed by atoms with E-state index in [2.05, 4.69) is 9.88 Å². The molecule has 0 aromatic carbocycles. The number of anilines is 1. The molecule has 102 valence electrons. The molecule has 1 amide bonds. The van der Waals surface area contributed by atoms with Crippen molar-refractivity contribution < 1.29 is 14.7 Å². The number of carboxylic acids is 1. The van der Waals surface area contributed by atoms with Crippen molar-refractivity contribution in [2.24, 2.45) is 5.92 Å². The fourth-order valence-corrected chi connectivity index (χ4v) is 2.08. The first-order chi connectivity index (χ1) is 9.09. The molecular formula is C13H17N3O3. The zero-order chi connectivity index (χ0) is 13.8. The molecule has 2 rings (SSSR count). The molecule has 2 heterocycles. The van der Waals surface area contributed by atoms with Crippen LogP contribution in [0.25, 0.3) is 0 Å². The van der Waals surface area contributed by atoms with E-state index in [1.165, 1.54) is 6.92 Å². The fourth-order valence-electron chi connectivity index (χ4n) is 2.08. The lowest BCUT2D eigenvalue weighted by Gasteiger charge is -2.36. The zero-order valence-corrected chi connectivity index (χ0v) is 10.8. The highest BCUT2D eigenvalue weighted by Crippen LogP contribution is 2.14. The quantitative estimate of drug-likeness (QED) is 0.802. The van der Waals surface area contributed by atoms with Crippen LogP contribution in [0.15, 0.2) is 24.4 Å². The minimum absolute atomic E-state index is 0.312. The summed E-state index contributed by atoms with van der Waals surface area (Å²) in [5.41, 5.74) is 0. The molecule has 0 aliphatic carbocycles. The van der Waals surface area contributed by atoms with Gasteiger partial charge in [0.05, 0.1) is 0 Å². The van der Waals surface area contributed by atoms with Crippen molar-refractivity contribution >= 4 is 17.7 Å². The highest BCUT2D eigenvalue weighted by Gasteiger charge is 2.28. The minimum atomic E-state index is -1.07. The number of piperazine rings is 1. The highest BCUT2D eigenvalue weighted by molar-refractivity contribution is 5.96. The second-order valence-corrected chi connectivity index (χ2v) is 4.56. The summed E-state index contributed by atoms with van der Waals surface area (Å²) in [7, 11) is 0. The molecule has 1 fully saturated rings. The van der Waals surface area contributed by atoms with Crippen molar-refractivity contribution in [3.63, 3.8) is 0 Å². The third-order valence-electron chi connectivity index (χ3n) is 3.31. The van der Waals surface area contributed by atoms with Crippen molar-refractivity contribution in [2.45, 2.75) is 6.92 Å². The van der Waals surface area contributed by atoms with E-state index in [-0.39, 0.29) is 5.91 Å². The maximum absolute atomic E-state index is 11.9. The minimum Gasteiger partial charge on any atom is -0.481 e. The third-order valence-corrected chi connectivity index (χ3v) is 3.31. The van der Waals surface area contributed by atoms with E-state index >= 15 is 0 Å². The lowest BCUT2D eigenvalue weighted by molar-refractivity contribution is -0.150. The summed E-state index contributed by atoms with van der Waals surface area (Å²) in [4.78, 5) is 30.7. The fraction of sp³-hybridized carbons (Fsp3) is 0.462. The van der Waals surface area contributed by atoms with Crippen LogP contribution in [0.5, 0.6) is 0 Å². The molecule has 6 nitrogen and oxygen atoms in total. The first-order valence-corrected chi connectivity index (χ1v) is 6.27. The van der Waals surface area contributed by atoms with Gasteiger partial charge in [-0.05, 0) is 19.1 Å². The Kier molecular flexibility index (Phi) is 3.99. The largest absolute Gasteiger partial charge is 0.481 e. The van der Waals surface area contributed by atoms with Gasteiger partial charge in [-0.2, -0.15) is 0 Å². The predicted molar refractivity (Wildman–Crippen MR) is 69.8 cm³/mol. The molecule has 0 saturated carbocycles. The summed E-state index contributed by atoms with van der Waals surface area (Å²) in [6, 6.07) is 5.71. The first-order valence-electron chi connectivity index (χ1n) is 6.27. The van der Waals surface area contributed by atoms with E-state index in [4.69, 9.17) is 5.11 Å². The van der Waals surface area contributed by atoms with Gasteiger partial charge < -0.3 is 14.9 Å². The Bertz CT molecular complexity index is 455. The van der Waals surface area contributed by atoms with Crippen molar-refractivity contribution in [3.8, 4) is 0 Å². The van der Waals surface area contributed by atoms with E-state index in [0.29, 0.717) is 26.2 Å². The maximum atomic E-state index is 11.9. The number of carbonyl (C=O) groups excluding carboxylic acids is 1. The van der Waals surface area contributed by atoms with Crippen LogP contribution in [0.1, 0.15) is 6.92 Å². The number of rotatable bonds is 3. The molecular weight excluding hydrogens is 246 g/mol. The van der Waals surface area contributed by atoms with Gasteiger partial charge in [0.15, 0.2) is 0 Å². The number of nitrogens with zero attached hydrogens (tertiary/aromatic N) is 3. The molecule has 1 aliphatic rings. The number of hydrogen-bond donors (Lipinski definition) is 1. The molecule has 19 heavy (non-hydrogen) atoms. The molecule has 1 atom stereocenters. The lowest BCUT2D eigenvalue weighted by atomic mass is 10.1. The van der Waals surface area contributed by atoms with Crippen LogP contribution in [0, 0.1) is 5.92 Å². The average Bonchev–Trinajstić information content (AvgIpc) is 2.46. The van der Waals surface area contributed by atoms with Gasteiger partial charge in [-0.15, -0.1) is 0 Å². The Balaban J connectivity index is 1.93. The number of carbonyl (C=O) groups is 2. The number of aromatic nitrogens is 1. The molecule has 1 unspecified atom stereocenters. The van der Waals surface area contributed by atoms with Crippen molar-refractivity contribution in [3.05, 3.63) is 24.4 Å². The molecule has 1 aliphatic heterocycles. The summed E-state index contributed by atoms with van der Waals surface area (Å²) in [5, 5.41) is 8.85. The maximum Gasteiger partial charge on any atom is 0.315 e. The predicted octanol–water partition coefficient (Wildman–Crippen LogP) is 0.451. The van der Waals surface area contributed by atoms with Crippen LogP contribution in [-0.4, -0.2) is 53.0 Å². The van der Waals surface area contributed by atoms with E-state index in [1.54, 1.807) is 11.1 Å². The van der Waals surface area contributed by atoms with E-state index in [1.807, 2.05) is 18.2 Å². The topological polar surface area (TPSA) is 73.7 Å². The van der Waals surface area contributed by atoms with Gasteiger partial charge in [-0.3, -0.25) is 9.59 Å². The van der Waals surface area contributed by atoms with Crippen molar-refractivity contribution in [2.75, 3.05) is 31.1 Å². The van der Waals surface area contributed by atoms with Gasteiger partial charge in [-0.1, -0.05) is 6.07 Å². The van der Waals surface area contributed by atoms with Crippen LogP contribution in [-0.2, 0) is 9.59 Å². The highest BCUT2D eigenvalue weighted by atomic mass is 16.4. The summed E-state index contributed by atoms with van der Waals surface area (Å²) < 4.78 is 0. The molecule has 6 heteroatoms. The standard InChI is InChI=1S/C13H17N3O3/c1-10(13(18)19)12(17)16-8-6-15(7-9-16)11-4-2-3-5-14-11/h2-5,10H,6-9H2,1H3,(H,18,19). The van der Waals surface area contributed by atoms with Crippen LogP contribution in [0.3, 0.4) is 0 Å². The Hall–Kier alpha value is -2.11. The number of hydrogen-bond acceptors (Lipinski definition) is 4. The molecule has 1 aromatic rings. The summed E-state index contributed by atoms with van der Waals surface area (Å²) in [5.74, 6) is -1.47. The third kappa shape index (κ3) is 3.01. The molecule has 0 bridgehead atoms. The summed E-state index contributed by atoms with van der Waals surface area (Å²) >= 11 is 0. The van der Waals surface area contributed by atoms with Crippen LogP contribution in [0.2, 0.25) is 0 Å². The monoisotopic (exact) mass is 263 g/mol. The number of carboxylic acid groups (broad SMARTS) is 1. The SMILES string of the molecule is CC(C(=O)O)C(=O)N1CCN(c2ccccn2)CC1. The smallest absolute Gasteiger partial charge is 0.315 e. The second-order valence-electron chi connectivity index (χ2n) is 4.56. The lowest BCUT2D eigenvalue weighted by Crippen LogP contribution is -2.51. The average molecular weight is 263 g/mol. The van der Waals surface area contributed by atoms with Gasteiger partial charge >= 0.3 is 5.97 Å². The van der Waals surface area contributed by atoms with Gasteiger partial charge in [0, 0.05) is 32.4 Å². The van der Waals surface area contributed by atoms with Crippen LogP contribution in [0.4, 0.5) is 5.82 Å². The summed E-state index contributed by atoms with van der Waals surface area (Å²) in [6.45, 7) is 3.85. The zero-order valence-electron chi connectivity index (χ0n) is 10.8. The normalized spacial score (nSPS) is 17.1. The van der Waals surface area contributed by atoms with Gasteiger partial charge in [0.2, 0.25) is 5.91 Å². The van der Waals surface area contributed by atoms with Crippen molar-refractivity contribution in [1.82, 2.24) is 9.88 Å². The van der Waals surface area contributed by atoms with Crippen LogP contribution < -0.4 is 4.90 Å². The van der Waals surface area contributed by atoms with E-state index < -0.39 is 11.9 Å². The number of pyridine rings is 1. The van der Waals surface area contributed by atoms with Crippen molar-refractivity contribution in [1.29, 1.82) is 0 Å². The Labute approximate surface area is 111 Å². The Morgan fingerprint density at radius 3 is 2.47 bits per heavy atom. The second kappa shape index (κ2) is 5.69. The molecule has 0 spiro atoms. The Morgan fingerprint density at radius 2 is 1.95 bits per heavy atom. The van der Waals surface area contributed by atoms with E-state index in [0.717, 1.165) is 5.82 Å². The Morgan fingerprint density at radius 1 is 1.26 bits per heavy atom. The molecule has 0 radical (unpaired) electrons. The van der Waals surface area contributed by atoms with Crippen LogP contribution >= 0.6 is 0 Å². The number of aliphatic carboxylic acids is 1.